The SMILES string of the molecule is CCOC(=O)c1cc(C#N)c(SCC(=O)Nc2ccc([C@@H](C)CC)cc2)nc1C. The van der Waals surface area contributed by atoms with Crippen molar-refractivity contribution in [2.24, 2.45) is 0 Å². The van der Waals surface area contributed by atoms with Crippen LogP contribution in [0.15, 0.2) is 35.4 Å². The molecule has 1 aromatic carbocycles. The molecule has 0 saturated carbocycles. The van der Waals surface area contributed by atoms with Gasteiger partial charge >= 0.3 is 5.97 Å². The van der Waals surface area contributed by atoms with Gasteiger partial charge in [-0.2, -0.15) is 5.26 Å². The van der Waals surface area contributed by atoms with Crippen molar-refractivity contribution in [3.05, 3.63) is 52.7 Å². The van der Waals surface area contributed by atoms with Gasteiger partial charge in [0, 0.05) is 5.69 Å². The number of amides is 1. The van der Waals surface area contributed by atoms with Crippen molar-refractivity contribution in [3.63, 3.8) is 0 Å². The van der Waals surface area contributed by atoms with Crippen molar-refractivity contribution in [2.45, 2.75) is 45.1 Å². The maximum atomic E-state index is 12.3. The van der Waals surface area contributed by atoms with Crippen LogP contribution >= 0.6 is 11.8 Å². The molecule has 1 atom stereocenters. The van der Waals surface area contributed by atoms with E-state index in [1.165, 1.54) is 11.6 Å². The van der Waals surface area contributed by atoms with Crippen LogP contribution in [0.2, 0.25) is 0 Å². The lowest BCUT2D eigenvalue weighted by Gasteiger charge is -2.11. The number of aromatic nitrogens is 1. The Bertz CT molecular complexity index is 920. The zero-order valence-electron chi connectivity index (χ0n) is 17.1. The fraction of sp³-hybridized carbons (Fsp3) is 0.364. The molecule has 7 heteroatoms. The monoisotopic (exact) mass is 411 g/mol. The number of thioether (sulfide) groups is 1. The number of carbonyl (C=O) groups excluding carboxylic acids is 2. The van der Waals surface area contributed by atoms with Crippen LogP contribution in [-0.4, -0.2) is 29.2 Å². The maximum Gasteiger partial charge on any atom is 0.340 e. The van der Waals surface area contributed by atoms with Gasteiger partial charge < -0.3 is 10.1 Å². The topological polar surface area (TPSA) is 92.1 Å². The quantitative estimate of drug-likeness (QED) is 0.501. The highest BCUT2D eigenvalue weighted by Crippen LogP contribution is 2.24. The Morgan fingerprint density at radius 2 is 1.97 bits per heavy atom. The van der Waals surface area contributed by atoms with E-state index in [1.807, 2.05) is 30.3 Å². The molecular weight excluding hydrogens is 386 g/mol. The number of hydrogen-bond donors (Lipinski definition) is 1. The maximum absolute atomic E-state index is 12.3. The summed E-state index contributed by atoms with van der Waals surface area (Å²) in [5.41, 5.74) is 2.93. The third kappa shape index (κ3) is 6.06. The highest BCUT2D eigenvalue weighted by Gasteiger charge is 2.17. The Morgan fingerprint density at radius 1 is 1.28 bits per heavy atom. The van der Waals surface area contributed by atoms with Gasteiger partial charge in [0.25, 0.3) is 0 Å². The number of hydrogen-bond acceptors (Lipinski definition) is 6. The average Bonchev–Trinajstić information content (AvgIpc) is 2.72. The summed E-state index contributed by atoms with van der Waals surface area (Å²) in [4.78, 5) is 28.6. The molecule has 1 aromatic heterocycles. The fourth-order valence-corrected chi connectivity index (χ4v) is 3.45. The van der Waals surface area contributed by atoms with Crippen molar-refractivity contribution < 1.29 is 14.3 Å². The summed E-state index contributed by atoms with van der Waals surface area (Å²) >= 11 is 1.16. The van der Waals surface area contributed by atoms with E-state index in [-0.39, 0.29) is 29.4 Å². The van der Waals surface area contributed by atoms with Gasteiger partial charge in [-0.15, -0.1) is 0 Å². The molecule has 0 saturated heterocycles. The highest BCUT2D eigenvalue weighted by molar-refractivity contribution is 8.00. The van der Waals surface area contributed by atoms with Crippen LogP contribution < -0.4 is 5.32 Å². The molecule has 0 fully saturated rings. The second kappa shape index (κ2) is 10.6. The first kappa shape index (κ1) is 22.4. The lowest BCUT2D eigenvalue weighted by molar-refractivity contribution is -0.113. The third-order valence-electron chi connectivity index (χ3n) is 4.51. The summed E-state index contributed by atoms with van der Waals surface area (Å²) in [6.45, 7) is 7.94. The van der Waals surface area contributed by atoms with Gasteiger partial charge in [-0.1, -0.05) is 37.7 Å². The number of ether oxygens (including phenoxy) is 1. The highest BCUT2D eigenvalue weighted by atomic mass is 32.2. The van der Waals surface area contributed by atoms with Gasteiger partial charge in [0.15, 0.2) is 0 Å². The Labute approximate surface area is 175 Å². The number of anilines is 1. The largest absolute Gasteiger partial charge is 0.462 e. The minimum absolute atomic E-state index is 0.104. The number of nitriles is 1. The minimum atomic E-state index is -0.510. The van der Waals surface area contributed by atoms with Crippen LogP contribution in [0.25, 0.3) is 0 Å². The molecule has 0 spiro atoms. The normalized spacial score (nSPS) is 11.4. The molecule has 29 heavy (non-hydrogen) atoms. The first-order valence-corrected chi connectivity index (χ1v) is 10.5. The van der Waals surface area contributed by atoms with E-state index in [0.717, 1.165) is 23.9 Å². The smallest absolute Gasteiger partial charge is 0.340 e. The van der Waals surface area contributed by atoms with Crippen molar-refractivity contribution in [2.75, 3.05) is 17.7 Å². The number of nitrogens with zero attached hydrogens (tertiary/aromatic N) is 2. The van der Waals surface area contributed by atoms with Crippen LogP contribution in [0.1, 0.15) is 60.3 Å². The predicted octanol–water partition coefficient (Wildman–Crippen LogP) is 4.68. The van der Waals surface area contributed by atoms with Crippen molar-refractivity contribution in [3.8, 4) is 6.07 Å². The molecule has 0 unspecified atom stereocenters. The zero-order valence-corrected chi connectivity index (χ0v) is 17.9. The second-order valence-electron chi connectivity index (χ2n) is 6.57. The van der Waals surface area contributed by atoms with Crippen LogP contribution in [0, 0.1) is 18.3 Å². The van der Waals surface area contributed by atoms with Crippen molar-refractivity contribution >= 4 is 29.3 Å². The number of pyridine rings is 1. The molecule has 1 amide bonds. The van der Waals surface area contributed by atoms with Gasteiger partial charge in [-0.05, 0) is 49.9 Å². The number of rotatable bonds is 8. The van der Waals surface area contributed by atoms with Crippen LogP contribution in [-0.2, 0) is 9.53 Å². The standard InChI is InChI=1S/C22H25N3O3S/c1-5-14(3)16-7-9-18(10-8-16)25-20(26)13-29-21-17(12-23)11-19(15(4)24-21)22(27)28-6-2/h7-11,14H,5-6,13H2,1-4H3,(H,25,26)/t14-/m0/s1. The van der Waals surface area contributed by atoms with Gasteiger partial charge in [0.1, 0.15) is 11.1 Å². The lowest BCUT2D eigenvalue weighted by atomic mass is 9.99. The summed E-state index contributed by atoms with van der Waals surface area (Å²) in [5, 5.41) is 12.6. The van der Waals surface area contributed by atoms with Crippen LogP contribution in [0.3, 0.4) is 0 Å². The Balaban J connectivity index is 2.03. The van der Waals surface area contributed by atoms with E-state index in [9.17, 15) is 14.9 Å². The molecule has 0 aliphatic carbocycles. The number of esters is 1. The Kier molecular flexibility index (Phi) is 8.22. The average molecular weight is 412 g/mol. The van der Waals surface area contributed by atoms with E-state index < -0.39 is 5.97 Å². The van der Waals surface area contributed by atoms with E-state index in [0.29, 0.717) is 16.6 Å². The molecule has 1 N–H and O–H groups in total. The first-order chi connectivity index (χ1) is 13.9. The Morgan fingerprint density at radius 3 is 2.55 bits per heavy atom. The summed E-state index contributed by atoms with van der Waals surface area (Å²) in [5.74, 6) is -0.118. The molecule has 0 radical (unpaired) electrons. The van der Waals surface area contributed by atoms with Crippen LogP contribution in [0.4, 0.5) is 5.69 Å². The molecule has 2 aromatic rings. The number of aryl methyl sites for hydroxylation is 1. The number of carbonyl (C=O) groups is 2. The first-order valence-electron chi connectivity index (χ1n) is 9.51. The zero-order chi connectivity index (χ0) is 21.4. The summed E-state index contributed by atoms with van der Waals surface area (Å²) in [6, 6.07) is 11.3. The summed E-state index contributed by atoms with van der Waals surface area (Å²) < 4.78 is 4.98. The van der Waals surface area contributed by atoms with Crippen LogP contribution in [0.5, 0.6) is 0 Å². The van der Waals surface area contributed by atoms with E-state index in [2.05, 4.69) is 24.1 Å². The van der Waals surface area contributed by atoms with Crippen molar-refractivity contribution in [1.29, 1.82) is 5.26 Å². The molecule has 0 aliphatic rings. The van der Waals surface area contributed by atoms with E-state index in [4.69, 9.17) is 4.74 Å². The predicted molar refractivity (Wildman–Crippen MR) is 114 cm³/mol. The summed E-state index contributed by atoms with van der Waals surface area (Å²) in [6.07, 6.45) is 1.06. The van der Waals surface area contributed by atoms with Crippen molar-refractivity contribution in [1.82, 2.24) is 4.98 Å². The van der Waals surface area contributed by atoms with E-state index >= 15 is 0 Å². The number of benzene rings is 1. The summed E-state index contributed by atoms with van der Waals surface area (Å²) in [7, 11) is 0. The van der Waals surface area contributed by atoms with E-state index in [1.54, 1.807) is 13.8 Å². The van der Waals surface area contributed by atoms with Gasteiger partial charge in [0.05, 0.1) is 29.2 Å². The van der Waals surface area contributed by atoms with Gasteiger partial charge in [0.2, 0.25) is 5.91 Å². The Hall–Kier alpha value is -2.85. The van der Waals surface area contributed by atoms with Gasteiger partial charge in [-0.3, -0.25) is 4.79 Å². The van der Waals surface area contributed by atoms with Gasteiger partial charge in [-0.25, -0.2) is 9.78 Å². The molecule has 1 heterocycles. The fourth-order valence-electron chi connectivity index (χ4n) is 2.65. The molecule has 152 valence electrons. The molecule has 0 aliphatic heterocycles. The molecular formula is C22H25N3O3S. The second-order valence-corrected chi connectivity index (χ2v) is 7.54. The molecule has 6 nitrogen and oxygen atoms in total. The molecule has 0 bridgehead atoms. The molecule has 2 rings (SSSR count). The number of nitrogens with one attached hydrogen (secondary N) is 1. The lowest BCUT2D eigenvalue weighted by Crippen LogP contribution is -2.15. The minimum Gasteiger partial charge on any atom is -0.462 e. The third-order valence-corrected chi connectivity index (χ3v) is 5.50.